The molecular formula is C9H17ClN2O3. The molecular weight excluding hydrogens is 220 g/mol. The number of carbonyl (C=O) groups is 2. The van der Waals surface area contributed by atoms with Gasteiger partial charge >= 0.3 is 6.03 Å². The van der Waals surface area contributed by atoms with Crippen molar-refractivity contribution in [2.45, 2.75) is 20.0 Å². The maximum Gasteiger partial charge on any atom is 0.323 e. The summed E-state index contributed by atoms with van der Waals surface area (Å²) >= 11 is 5.24. The number of ether oxygens (including phenoxy) is 1. The fourth-order valence-corrected chi connectivity index (χ4v) is 0.842. The van der Waals surface area contributed by atoms with Crippen molar-refractivity contribution in [3.63, 3.8) is 0 Å². The molecule has 0 aromatic heterocycles. The summed E-state index contributed by atoms with van der Waals surface area (Å²) < 4.78 is 5.26. The lowest BCUT2D eigenvalue weighted by Crippen LogP contribution is -2.42. The molecule has 0 atom stereocenters. The summed E-state index contributed by atoms with van der Waals surface area (Å²) in [6.45, 7) is 4.70. The van der Waals surface area contributed by atoms with Crippen LogP contribution in [0.3, 0.4) is 0 Å². The van der Waals surface area contributed by atoms with E-state index in [1.807, 2.05) is 13.8 Å². The van der Waals surface area contributed by atoms with Gasteiger partial charge in [0, 0.05) is 13.6 Å². The van der Waals surface area contributed by atoms with Crippen molar-refractivity contribution in [1.82, 2.24) is 10.2 Å². The second-order valence-corrected chi connectivity index (χ2v) is 3.60. The molecule has 0 aliphatic rings. The first-order valence-electron chi connectivity index (χ1n) is 4.70. The summed E-state index contributed by atoms with van der Waals surface area (Å²) in [4.78, 5) is 23.4. The van der Waals surface area contributed by atoms with E-state index < -0.39 is 11.9 Å². The quantitative estimate of drug-likeness (QED) is 0.719. The number of imide groups is 1. The molecule has 0 aromatic rings. The van der Waals surface area contributed by atoms with Crippen LogP contribution in [0.15, 0.2) is 0 Å². The average molecular weight is 237 g/mol. The first-order valence-corrected chi connectivity index (χ1v) is 5.23. The predicted octanol–water partition coefficient (Wildman–Crippen LogP) is 0.818. The van der Waals surface area contributed by atoms with Gasteiger partial charge in [0.25, 0.3) is 0 Å². The van der Waals surface area contributed by atoms with Gasteiger partial charge in [-0.2, -0.15) is 0 Å². The molecule has 0 saturated heterocycles. The highest BCUT2D eigenvalue weighted by atomic mass is 35.5. The van der Waals surface area contributed by atoms with E-state index >= 15 is 0 Å². The van der Waals surface area contributed by atoms with E-state index in [1.54, 1.807) is 7.05 Å². The minimum absolute atomic E-state index is 0.130. The number of hydrogen-bond acceptors (Lipinski definition) is 3. The van der Waals surface area contributed by atoms with Crippen LogP contribution in [-0.4, -0.2) is 49.0 Å². The topological polar surface area (TPSA) is 58.6 Å². The molecule has 3 amide bonds. The second-order valence-electron chi connectivity index (χ2n) is 3.33. The fourth-order valence-electron chi connectivity index (χ4n) is 0.775. The molecule has 1 N–H and O–H groups in total. The van der Waals surface area contributed by atoms with Crippen molar-refractivity contribution in [3.05, 3.63) is 0 Å². The van der Waals surface area contributed by atoms with Crippen LogP contribution in [0.25, 0.3) is 0 Å². The van der Waals surface area contributed by atoms with E-state index in [2.05, 4.69) is 5.32 Å². The number of urea groups is 1. The molecule has 0 heterocycles. The molecule has 15 heavy (non-hydrogen) atoms. The van der Waals surface area contributed by atoms with Gasteiger partial charge in [-0.25, -0.2) is 4.79 Å². The summed E-state index contributed by atoms with van der Waals surface area (Å²) in [5, 5.41) is 2.13. The lowest BCUT2D eigenvalue weighted by Gasteiger charge is -2.17. The van der Waals surface area contributed by atoms with Gasteiger partial charge in [-0.15, -0.1) is 11.6 Å². The molecule has 0 aromatic carbocycles. The van der Waals surface area contributed by atoms with Crippen LogP contribution in [-0.2, 0) is 9.53 Å². The Morgan fingerprint density at radius 1 is 1.47 bits per heavy atom. The highest BCUT2D eigenvalue weighted by Gasteiger charge is 2.11. The van der Waals surface area contributed by atoms with Crippen LogP contribution < -0.4 is 5.32 Å². The molecule has 6 heteroatoms. The number of halogens is 1. The molecule has 88 valence electrons. The van der Waals surface area contributed by atoms with Gasteiger partial charge in [-0.1, -0.05) is 0 Å². The van der Waals surface area contributed by atoms with Gasteiger partial charge in [0.2, 0.25) is 5.91 Å². The van der Waals surface area contributed by atoms with Crippen LogP contribution in [0.5, 0.6) is 0 Å². The Morgan fingerprint density at radius 2 is 2.07 bits per heavy atom. The number of carbonyl (C=O) groups excluding carboxylic acids is 2. The number of amides is 3. The SMILES string of the molecule is CC(C)OCCN(C)C(=O)NC(=O)CCl. The molecule has 0 radical (unpaired) electrons. The van der Waals surface area contributed by atoms with E-state index in [0.29, 0.717) is 13.2 Å². The molecule has 0 fully saturated rings. The first-order chi connectivity index (χ1) is 6.97. The van der Waals surface area contributed by atoms with E-state index in [1.165, 1.54) is 4.90 Å². The summed E-state index contributed by atoms with van der Waals surface area (Å²) in [6.07, 6.45) is 0.130. The summed E-state index contributed by atoms with van der Waals surface area (Å²) in [5.74, 6) is -0.722. The van der Waals surface area contributed by atoms with Crippen LogP contribution in [0, 0.1) is 0 Å². The van der Waals surface area contributed by atoms with E-state index in [-0.39, 0.29) is 12.0 Å². The fraction of sp³-hybridized carbons (Fsp3) is 0.778. The molecule has 0 saturated carbocycles. The highest BCUT2D eigenvalue weighted by Crippen LogP contribution is 1.90. The summed E-state index contributed by atoms with van der Waals surface area (Å²) in [7, 11) is 1.58. The molecule has 0 spiro atoms. The molecule has 0 unspecified atom stereocenters. The minimum Gasteiger partial charge on any atom is -0.377 e. The summed E-state index contributed by atoms with van der Waals surface area (Å²) in [6, 6.07) is -0.465. The smallest absolute Gasteiger partial charge is 0.323 e. The van der Waals surface area contributed by atoms with Gasteiger partial charge in [-0.05, 0) is 13.8 Å². The Bertz CT molecular complexity index is 221. The minimum atomic E-state index is -0.502. The third-order valence-electron chi connectivity index (χ3n) is 1.59. The Kier molecular flexibility index (Phi) is 7.07. The Labute approximate surface area is 94.7 Å². The number of rotatable bonds is 5. The molecule has 0 aliphatic carbocycles. The van der Waals surface area contributed by atoms with Gasteiger partial charge in [-0.3, -0.25) is 10.1 Å². The average Bonchev–Trinajstić information content (AvgIpc) is 2.16. The number of nitrogens with zero attached hydrogens (tertiary/aromatic N) is 1. The maximum absolute atomic E-state index is 11.3. The highest BCUT2D eigenvalue weighted by molar-refractivity contribution is 6.28. The molecule has 5 nitrogen and oxygen atoms in total. The normalized spacial score (nSPS) is 10.2. The number of nitrogens with one attached hydrogen (secondary N) is 1. The van der Waals surface area contributed by atoms with Crippen LogP contribution >= 0.6 is 11.6 Å². The van der Waals surface area contributed by atoms with Gasteiger partial charge < -0.3 is 9.64 Å². The van der Waals surface area contributed by atoms with Gasteiger partial charge in [0.15, 0.2) is 0 Å². The molecule has 0 bridgehead atoms. The van der Waals surface area contributed by atoms with E-state index in [0.717, 1.165) is 0 Å². The predicted molar refractivity (Wildman–Crippen MR) is 58.0 cm³/mol. The zero-order valence-corrected chi connectivity index (χ0v) is 10.0. The van der Waals surface area contributed by atoms with Gasteiger partial charge in [0.1, 0.15) is 5.88 Å². The first kappa shape index (κ1) is 14.2. The Morgan fingerprint density at radius 3 is 2.53 bits per heavy atom. The van der Waals surface area contributed by atoms with E-state index in [4.69, 9.17) is 16.3 Å². The van der Waals surface area contributed by atoms with Crippen LogP contribution in [0.1, 0.15) is 13.8 Å². The summed E-state index contributed by atoms with van der Waals surface area (Å²) in [5.41, 5.74) is 0. The van der Waals surface area contributed by atoms with E-state index in [9.17, 15) is 9.59 Å². The third-order valence-corrected chi connectivity index (χ3v) is 1.84. The Balaban J connectivity index is 3.74. The van der Waals surface area contributed by atoms with Crippen molar-refractivity contribution in [2.24, 2.45) is 0 Å². The largest absolute Gasteiger partial charge is 0.377 e. The number of alkyl halides is 1. The lowest BCUT2D eigenvalue weighted by molar-refractivity contribution is -0.117. The van der Waals surface area contributed by atoms with Crippen molar-refractivity contribution in [2.75, 3.05) is 26.1 Å². The second kappa shape index (κ2) is 7.48. The number of likely N-dealkylation sites (N-methyl/N-ethyl adjacent to an activating group) is 1. The molecule has 0 aliphatic heterocycles. The lowest BCUT2D eigenvalue weighted by atomic mass is 10.5. The van der Waals surface area contributed by atoms with Crippen molar-refractivity contribution in [3.8, 4) is 0 Å². The third kappa shape index (κ3) is 7.16. The van der Waals surface area contributed by atoms with Crippen LogP contribution in [0.2, 0.25) is 0 Å². The van der Waals surface area contributed by atoms with Crippen molar-refractivity contribution < 1.29 is 14.3 Å². The molecule has 0 rings (SSSR count). The van der Waals surface area contributed by atoms with Crippen molar-refractivity contribution in [1.29, 1.82) is 0 Å². The zero-order valence-electron chi connectivity index (χ0n) is 9.25. The monoisotopic (exact) mass is 236 g/mol. The maximum atomic E-state index is 11.3. The van der Waals surface area contributed by atoms with Crippen LogP contribution in [0.4, 0.5) is 4.79 Å². The number of hydrogen-bond donors (Lipinski definition) is 1. The van der Waals surface area contributed by atoms with Gasteiger partial charge in [0.05, 0.1) is 12.7 Å². The zero-order chi connectivity index (χ0) is 11.8. The Hall–Kier alpha value is -0.810. The van der Waals surface area contributed by atoms with Crippen molar-refractivity contribution >= 4 is 23.5 Å². The standard InChI is InChI=1S/C9H17ClN2O3/c1-7(2)15-5-4-12(3)9(14)11-8(13)6-10/h7H,4-6H2,1-3H3,(H,11,13,14).